The molecule has 0 spiro atoms. The van der Waals surface area contributed by atoms with Crippen LogP contribution in [0.1, 0.15) is 69.4 Å². The lowest BCUT2D eigenvalue weighted by atomic mass is 9.80. The molecule has 154 valence electrons. The van der Waals surface area contributed by atoms with Crippen LogP contribution in [0.15, 0.2) is 48.5 Å². The number of unbranched alkanes of at least 4 members (excludes halogenated alkanes) is 2. The molecular formula is C27H34O2. The van der Waals surface area contributed by atoms with Crippen LogP contribution in [0, 0.1) is 23.7 Å². The molecule has 0 saturated heterocycles. The molecule has 1 fully saturated rings. The summed E-state index contributed by atoms with van der Waals surface area (Å²) >= 11 is 0. The second-order valence-electron chi connectivity index (χ2n) is 8.20. The number of ether oxygens (including phenoxy) is 2. The van der Waals surface area contributed by atoms with Gasteiger partial charge >= 0.3 is 0 Å². The second kappa shape index (κ2) is 11.6. The fourth-order valence-corrected chi connectivity index (χ4v) is 4.04. The van der Waals surface area contributed by atoms with E-state index in [1.165, 1.54) is 51.4 Å². The molecule has 2 nitrogen and oxygen atoms in total. The van der Waals surface area contributed by atoms with Gasteiger partial charge in [0.05, 0.1) is 13.7 Å². The first-order valence-electron chi connectivity index (χ1n) is 11.2. The molecule has 0 heterocycles. The lowest BCUT2D eigenvalue weighted by Crippen LogP contribution is -2.20. The van der Waals surface area contributed by atoms with E-state index in [0.29, 0.717) is 5.92 Å². The van der Waals surface area contributed by atoms with Crippen LogP contribution in [0.4, 0.5) is 0 Å². The van der Waals surface area contributed by atoms with Crippen LogP contribution in [0.3, 0.4) is 0 Å². The van der Waals surface area contributed by atoms with E-state index in [-0.39, 0.29) is 0 Å². The molecule has 1 aliphatic carbocycles. The molecule has 2 heteroatoms. The first-order chi connectivity index (χ1) is 14.3. The predicted octanol–water partition coefficient (Wildman–Crippen LogP) is 6.86. The van der Waals surface area contributed by atoms with Gasteiger partial charge in [0, 0.05) is 11.1 Å². The summed E-state index contributed by atoms with van der Waals surface area (Å²) in [6.07, 6.45) is 11.0. The lowest BCUT2D eigenvalue weighted by Gasteiger charge is -2.28. The second-order valence-corrected chi connectivity index (χ2v) is 8.20. The summed E-state index contributed by atoms with van der Waals surface area (Å²) in [5.41, 5.74) is 1.98. The van der Waals surface area contributed by atoms with Crippen molar-refractivity contribution in [1.29, 1.82) is 0 Å². The van der Waals surface area contributed by atoms with E-state index in [1.54, 1.807) is 7.11 Å². The van der Waals surface area contributed by atoms with Gasteiger partial charge in [0.25, 0.3) is 0 Å². The van der Waals surface area contributed by atoms with Crippen molar-refractivity contribution in [3.05, 3.63) is 59.7 Å². The zero-order valence-electron chi connectivity index (χ0n) is 18.0. The first kappa shape index (κ1) is 21.3. The van der Waals surface area contributed by atoms with Crippen molar-refractivity contribution in [3.63, 3.8) is 0 Å². The highest BCUT2D eigenvalue weighted by Gasteiger charge is 2.21. The van der Waals surface area contributed by atoms with Crippen molar-refractivity contribution in [2.45, 2.75) is 58.3 Å². The fraction of sp³-hybridized carbons (Fsp3) is 0.481. The van der Waals surface area contributed by atoms with E-state index in [0.717, 1.165) is 35.2 Å². The van der Waals surface area contributed by atoms with Crippen molar-refractivity contribution in [2.24, 2.45) is 11.8 Å². The Morgan fingerprint density at radius 2 is 1.31 bits per heavy atom. The molecule has 0 N–H and O–H groups in total. The molecule has 0 atom stereocenters. The summed E-state index contributed by atoms with van der Waals surface area (Å²) < 4.78 is 11.2. The zero-order chi connectivity index (χ0) is 20.3. The van der Waals surface area contributed by atoms with E-state index in [9.17, 15) is 0 Å². The number of rotatable bonds is 8. The third-order valence-electron chi connectivity index (χ3n) is 5.96. The van der Waals surface area contributed by atoms with Crippen LogP contribution in [0.2, 0.25) is 0 Å². The predicted molar refractivity (Wildman–Crippen MR) is 121 cm³/mol. The quantitative estimate of drug-likeness (QED) is 0.362. The first-order valence-corrected chi connectivity index (χ1v) is 11.2. The largest absolute Gasteiger partial charge is 0.497 e. The van der Waals surface area contributed by atoms with E-state index in [1.807, 2.05) is 48.5 Å². The number of hydrogen-bond donors (Lipinski definition) is 0. The molecule has 2 aromatic carbocycles. The molecule has 0 radical (unpaired) electrons. The third kappa shape index (κ3) is 7.17. The minimum atomic E-state index is 0.715. The van der Waals surface area contributed by atoms with Gasteiger partial charge in [0.2, 0.25) is 0 Å². The molecule has 29 heavy (non-hydrogen) atoms. The molecule has 0 aliphatic heterocycles. The van der Waals surface area contributed by atoms with E-state index < -0.39 is 0 Å². The summed E-state index contributed by atoms with van der Waals surface area (Å²) in [6, 6.07) is 16.0. The maximum absolute atomic E-state index is 6.06. The Morgan fingerprint density at radius 3 is 1.86 bits per heavy atom. The molecule has 2 aromatic rings. The normalized spacial score (nSPS) is 18.6. The van der Waals surface area contributed by atoms with Gasteiger partial charge in [-0.3, -0.25) is 0 Å². The summed E-state index contributed by atoms with van der Waals surface area (Å²) in [4.78, 5) is 0. The maximum Gasteiger partial charge on any atom is 0.119 e. The molecule has 1 aliphatic rings. The third-order valence-corrected chi connectivity index (χ3v) is 5.96. The van der Waals surface area contributed by atoms with Gasteiger partial charge in [-0.15, -0.1) is 0 Å². The minimum Gasteiger partial charge on any atom is -0.497 e. The van der Waals surface area contributed by atoms with E-state index >= 15 is 0 Å². The lowest BCUT2D eigenvalue weighted by molar-refractivity contribution is 0.177. The standard InChI is InChI=1S/C27H34O2/c1-3-4-5-6-22-9-11-25(12-10-22)21-29-27-19-15-24(16-20-27)8-7-23-13-17-26(28-2)18-14-23/h13-20,22,25H,3-6,9-12,21H2,1-2H3/t22-,25-. The van der Waals surface area contributed by atoms with Gasteiger partial charge in [-0.05, 0) is 73.2 Å². The average molecular weight is 391 g/mol. The monoisotopic (exact) mass is 390 g/mol. The molecule has 0 amide bonds. The Hall–Kier alpha value is -2.40. The van der Waals surface area contributed by atoms with Gasteiger partial charge in [0.15, 0.2) is 0 Å². The molecule has 0 bridgehead atoms. The topological polar surface area (TPSA) is 18.5 Å². The van der Waals surface area contributed by atoms with Crippen LogP contribution in [0.5, 0.6) is 11.5 Å². The smallest absolute Gasteiger partial charge is 0.119 e. The molecule has 0 unspecified atom stereocenters. The molecular weight excluding hydrogens is 356 g/mol. The van der Waals surface area contributed by atoms with Crippen LogP contribution in [-0.2, 0) is 0 Å². The molecule has 3 rings (SSSR count). The van der Waals surface area contributed by atoms with E-state index in [4.69, 9.17) is 9.47 Å². The van der Waals surface area contributed by atoms with Gasteiger partial charge < -0.3 is 9.47 Å². The molecule has 1 saturated carbocycles. The zero-order valence-corrected chi connectivity index (χ0v) is 18.0. The molecule has 0 aromatic heterocycles. The van der Waals surface area contributed by atoms with Crippen molar-refractivity contribution in [1.82, 2.24) is 0 Å². The Bertz CT molecular complexity index is 772. The van der Waals surface area contributed by atoms with Crippen LogP contribution in [0.25, 0.3) is 0 Å². The van der Waals surface area contributed by atoms with Gasteiger partial charge in [-0.25, -0.2) is 0 Å². The summed E-state index contributed by atoms with van der Waals surface area (Å²) in [5, 5.41) is 0. The van der Waals surface area contributed by atoms with Crippen molar-refractivity contribution >= 4 is 0 Å². The van der Waals surface area contributed by atoms with E-state index in [2.05, 4.69) is 18.8 Å². The number of methoxy groups -OCH3 is 1. The van der Waals surface area contributed by atoms with Crippen molar-refractivity contribution < 1.29 is 9.47 Å². The highest BCUT2D eigenvalue weighted by atomic mass is 16.5. The summed E-state index contributed by atoms with van der Waals surface area (Å²) in [6.45, 7) is 3.13. The maximum atomic E-state index is 6.06. The fourth-order valence-electron chi connectivity index (χ4n) is 4.04. The van der Waals surface area contributed by atoms with Crippen LogP contribution in [-0.4, -0.2) is 13.7 Å². The Labute approximate surface area is 176 Å². The van der Waals surface area contributed by atoms with Crippen molar-refractivity contribution in [2.75, 3.05) is 13.7 Å². The van der Waals surface area contributed by atoms with Gasteiger partial charge in [-0.1, -0.05) is 57.3 Å². The van der Waals surface area contributed by atoms with Crippen LogP contribution >= 0.6 is 0 Å². The van der Waals surface area contributed by atoms with Crippen LogP contribution < -0.4 is 9.47 Å². The summed E-state index contributed by atoms with van der Waals surface area (Å²) in [5.74, 6) is 9.87. The highest BCUT2D eigenvalue weighted by Crippen LogP contribution is 2.32. The SMILES string of the molecule is CCCCC[C@H]1CC[C@H](COc2ccc(C#Cc3ccc(OC)cc3)cc2)CC1. The Morgan fingerprint density at radius 1 is 0.759 bits per heavy atom. The average Bonchev–Trinajstić information content (AvgIpc) is 2.78. The number of benzene rings is 2. The number of hydrogen-bond acceptors (Lipinski definition) is 2. The summed E-state index contributed by atoms with van der Waals surface area (Å²) in [7, 11) is 1.67. The van der Waals surface area contributed by atoms with Crippen molar-refractivity contribution in [3.8, 4) is 23.3 Å². The minimum absolute atomic E-state index is 0.715. The van der Waals surface area contributed by atoms with Gasteiger partial charge in [-0.2, -0.15) is 0 Å². The Kier molecular flexibility index (Phi) is 8.50. The Balaban J connectivity index is 1.41. The van der Waals surface area contributed by atoms with Gasteiger partial charge in [0.1, 0.15) is 11.5 Å². The highest BCUT2D eigenvalue weighted by molar-refractivity contribution is 5.45.